The standard InChI is InChI=1S/C12H26O/c1-5-7-11(3)9-12(4,10-13)8-6-2/h11,13H,5-10H2,1-4H3. The fraction of sp³-hybridized carbons (Fsp3) is 1.00. The summed E-state index contributed by atoms with van der Waals surface area (Å²) in [6.07, 6.45) is 6.05. The molecule has 0 heterocycles. The lowest BCUT2D eigenvalue weighted by molar-refractivity contribution is 0.103. The molecular formula is C12H26O. The largest absolute Gasteiger partial charge is 0.396 e. The van der Waals surface area contributed by atoms with Gasteiger partial charge in [-0.05, 0) is 24.2 Å². The van der Waals surface area contributed by atoms with Crippen molar-refractivity contribution < 1.29 is 5.11 Å². The monoisotopic (exact) mass is 186 g/mol. The van der Waals surface area contributed by atoms with Crippen LogP contribution >= 0.6 is 0 Å². The van der Waals surface area contributed by atoms with E-state index in [9.17, 15) is 5.11 Å². The number of rotatable bonds is 7. The molecule has 0 aliphatic heterocycles. The van der Waals surface area contributed by atoms with Crippen molar-refractivity contribution in [3.05, 3.63) is 0 Å². The zero-order valence-electron chi connectivity index (χ0n) is 9.77. The van der Waals surface area contributed by atoms with Gasteiger partial charge in [0.2, 0.25) is 0 Å². The summed E-state index contributed by atoms with van der Waals surface area (Å²) in [5.41, 5.74) is 0.170. The minimum Gasteiger partial charge on any atom is -0.396 e. The number of hydrogen-bond acceptors (Lipinski definition) is 1. The van der Waals surface area contributed by atoms with E-state index in [4.69, 9.17) is 0 Å². The summed E-state index contributed by atoms with van der Waals surface area (Å²) >= 11 is 0. The van der Waals surface area contributed by atoms with E-state index in [1.54, 1.807) is 0 Å². The summed E-state index contributed by atoms with van der Waals surface area (Å²) in [6.45, 7) is 9.27. The van der Waals surface area contributed by atoms with Crippen LogP contribution in [0.1, 0.15) is 59.8 Å². The van der Waals surface area contributed by atoms with Crippen LogP contribution in [0.2, 0.25) is 0 Å². The van der Waals surface area contributed by atoms with Crippen LogP contribution in [-0.4, -0.2) is 11.7 Å². The van der Waals surface area contributed by atoms with Crippen molar-refractivity contribution in [1.82, 2.24) is 0 Å². The summed E-state index contributed by atoms with van der Waals surface area (Å²) in [6, 6.07) is 0. The normalized spacial score (nSPS) is 18.2. The number of aliphatic hydroxyl groups is 1. The highest BCUT2D eigenvalue weighted by molar-refractivity contribution is 4.75. The molecular weight excluding hydrogens is 160 g/mol. The van der Waals surface area contributed by atoms with Gasteiger partial charge in [0.1, 0.15) is 0 Å². The second-order valence-corrected chi connectivity index (χ2v) is 4.82. The molecule has 2 atom stereocenters. The molecule has 0 aliphatic rings. The molecule has 80 valence electrons. The average Bonchev–Trinajstić information content (AvgIpc) is 2.05. The quantitative estimate of drug-likeness (QED) is 0.644. The first-order valence-corrected chi connectivity index (χ1v) is 5.68. The molecule has 1 heteroatoms. The van der Waals surface area contributed by atoms with Crippen molar-refractivity contribution in [1.29, 1.82) is 0 Å². The Kier molecular flexibility index (Phi) is 6.40. The summed E-state index contributed by atoms with van der Waals surface area (Å²) in [7, 11) is 0. The molecule has 0 aromatic rings. The first-order chi connectivity index (χ1) is 6.08. The predicted molar refractivity (Wildman–Crippen MR) is 58.8 cm³/mol. The van der Waals surface area contributed by atoms with Gasteiger partial charge >= 0.3 is 0 Å². The fourth-order valence-corrected chi connectivity index (χ4v) is 2.29. The molecule has 0 fully saturated rings. The van der Waals surface area contributed by atoms with Crippen LogP contribution in [0.15, 0.2) is 0 Å². The van der Waals surface area contributed by atoms with E-state index in [0.717, 1.165) is 12.3 Å². The van der Waals surface area contributed by atoms with Crippen LogP contribution in [-0.2, 0) is 0 Å². The van der Waals surface area contributed by atoms with Gasteiger partial charge in [-0.15, -0.1) is 0 Å². The molecule has 0 aliphatic carbocycles. The molecule has 0 aromatic carbocycles. The molecule has 0 saturated carbocycles. The number of aliphatic hydroxyl groups excluding tert-OH is 1. The molecule has 0 amide bonds. The first-order valence-electron chi connectivity index (χ1n) is 5.68. The molecule has 0 aromatic heterocycles. The third-order valence-corrected chi connectivity index (χ3v) is 2.86. The molecule has 0 saturated heterocycles. The van der Waals surface area contributed by atoms with E-state index in [1.165, 1.54) is 25.7 Å². The molecule has 2 unspecified atom stereocenters. The first kappa shape index (κ1) is 13.0. The average molecular weight is 186 g/mol. The van der Waals surface area contributed by atoms with Crippen LogP contribution in [0.25, 0.3) is 0 Å². The SMILES string of the molecule is CCCC(C)CC(C)(CO)CCC. The summed E-state index contributed by atoms with van der Waals surface area (Å²) in [5, 5.41) is 9.33. The molecule has 0 radical (unpaired) electrons. The third kappa shape index (κ3) is 5.30. The lowest BCUT2D eigenvalue weighted by Gasteiger charge is -2.29. The van der Waals surface area contributed by atoms with Crippen molar-refractivity contribution in [2.75, 3.05) is 6.61 Å². The highest BCUT2D eigenvalue weighted by atomic mass is 16.3. The Labute approximate surface area is 83.5 Å². The highest BCUT2D eigenvalue weighted by Crippen LogP contribution is 2.32. The highest BCUT2D eigenvalue weighted by Gasteiger charge is 2.24. The van der Waals surface area contributed by atoms with Crippen LogP contribution in [0, 0.1) is 11.3 Å². The lowest BCUT2D eigenvalue weighted by Crippen LogP contribution is -2.24. The second-order valence-electron chi connectivity index (χ2n) is 4.82. The van der Waals surface area contributed by atoms with Gasteiger partial charge in [0.05, 0.1) is 0 Å². The Hall–Kier alpha value is -0.0400. The maximum atomic E-state index is 9.33. The lowest BCUT2D eigenvalue weighted by atomic mass is 9.77. The van der Waals surface area contributed by atoms with Crippen LogP contribution in [0.4, 0.5) is 0 Å². The molecule has 0 rings (SSSR count). The van der Waals surface area contributed by atoms with Crippen LogP contribution < -0.4 is 0 Å². The van der Waals surface area contributed by atoms with Gasteiger partial charge in [-0.2, -0.15) is 0 Å². The fourth-order valence-electron chi connectivity index (χ4n) is 2.29. The van der Waals surface area contributed by atoms with Crippen molar-refractivity contribution in [2.24, 2.45) is 11.3 Å². The smallest absolute Gasteiger partial charge is 0.0484 e. The van der Waals surface area contributed by atoms with Crippen molar-refractivity contribution in [3.63, 3.8) is 0 Å². The van der Waals surface area contributed by atoms with Gasteiger partial charge in [-0.25, -0.2) is 0 Å². The molecule has 0 spiro atoms. The number of hydrogen-bond donors (Lipinski definition) is 1. The maximum absolute atomic E-state index is 9.33. The van der Waals surface area contributed by atoms with Gasteiger partial charge in [0.15, 0.2) is 0 Å². The Bertz CT molecular complexity index is 122. The zero-order valence-corrected chi connectivity index (χ0v) is 9.77. The summed E-state index contributed by atoms with van der Waals surface area (Å²) in [5.74, 6) is 0.758. The van der Waals surface area contributed by atoms with Crippen molar-refractivity contribution >= 4 is 0 Å². The minimum absolute atomic E-state index is 0.170. The predicted octanol–water partition coefficient (Wildman–Crippen LogP) is 3.61. The van der Waals surface area contributed by atoms with Crippen molar-refractivity contribution in [2.45, 2.75) is 59.8 Å². The Balaban J connectivity index is 3.93. The van der Waals surface area contributed by atoms with Gasteiger partial charge in [0.25, 0.3) is 0 Å². The van der Waals surface area contributed by atoms with Gasteiger partial charge in [-0.1, -0.05) is 47.0 Å². The second kappa shape index (κ2) is 6.42. The molecule has 13 heavy (non-hydrogen) atoms. The Morgan fingerprint density at radius 3 is 2.23 bits per heavy atom. The van der Waals surface area contributed by atoms with E-state index in [1.807, 2.05) is 0 Å². The van der Waals surface area contributed by atoms with E-state index in [0.29, 0.717) is 6.61 Å². The third-order valence-electron chi connectivity index (χ3n) is 2.86. The zero-order chi connectivity index (χ0) is 10.3. The van der Waals surface area contributed by atoms with E-state index in [-0.39, 0.29) is 5.41 Å². The van der Waals surface area contributed by atoms with Crippen LogP contribution in [0.3, 0.4) is 0 Å². The van der Waals surface area contributed by atoms with Gasteiger partial charge in [-0.3, -0.25) is 0 Å². The molecule has 0 bridgehead atoms. The topological polar surface area (TPSA) is 20.2 Å². The van der Waals surface area contributed by atoms with E-state index >= 15 is 0 Å². The minimum atomic E-state index is 0.170. The van der Waals surface area contributed by atoms with Crippen molar-refractivity contribution in [3.8, 4) is 0 Å². The Morgan fingerprint density at radius 1 is 1.23 bits per heavy atom. The summed E-state index contributed by atoms with van der Waals surface area (Å²) in [4.78, 5) is 0. The van der Waals surface area contributed by atoms with Gasteiger partial charge in [0, 0.05) is 6.61 Å². The maximum Gasteiger partial charge on any atom is 0.0484 e. The summed E-state index contributed by atoms with van der Waals surface area (Å²) < 4.78 is 0. The van der Waals surface area contributed by atoms with E-state index < -0.39 is 0 Å². The molecule has 1 N–H and O–H groups in total. The van der Waals surface area contributed by atoms with Crippen LogP contribution in [0.5, 0.6) is 0 Å². The Morgan fingerprint density at radius 2 is 1.85 bits per heavy atom. The van der Waals surface area contributed by atoms with Gasteiger partial charge < -0.3 is 5.11 Å². The molecule has 1 nitrogen and oxygen atoms in total. The van der Waals surface area contributed by atoms with E-state index in [2.05, 4.69) is 27.7 Å².